The fraction of sp³-hybridized carbons (Fsp3) is 0.273. The van der Waals surface area contributed by atoms with Gasteiger partial charge in [-0.1, -0.05) is 41.5 Å². The maximum absolute atomic E-state index is 8.09. The molecule has 4 nitrogen and oxygen atoms in total. The standard InChI is InChI=1S/C11H14N4/c1-13-9-11-5-2-4-10(8-11)6-3-7-14-15-12/h2-6,8,13H,7,9H2,1H3. The van der Waals surface area contributed by atoms with Crippen molar-refractivity contribution < 1.29 is 0 Å². The van der Waals surface area contributed by atoms with E-state index in [1.165, 1.54) is 5.56 Å². The summed E-state index contributed by atoms with van der Waals surface area (Å²) in [5, 5.41) is 6.52. The van der Waals surface area contributed by atoms with E-state index in [4.69, 9.17) is 5.53 Å². The first kappa shape index (κ1) is 11.3. The first-order valence-electron chi connectivity index (χ1n) is 4.77. The summed E-state index contributed by atoms with van der Waals surface area (Å²) in [6, 6.07) is 8.20. The highest BCUT2D eigenvalue weighted by atomic mass is 15.1. The van der Waals surface area contributed by atoms with Crippen LogP contribution in [0.4, 0.5) is 0 Å². The van der Waals surface area contributed by atoms with E-state index >= 15 is 0 Å². The summed E-state index contributed by atoms with van der Waals surface area (Å²) >= 11 is 0. The molecule has 0 aliphatic rings. The van der Waals surface area contributed by atoms with Crippen LogP contribution in [0.1, 0.15) is 11.1 Å². The molecule has 1 aromatic rings. The molecule has 0 radical (unpaired) electrons. The Labute approximate surface area is 89.3 Å². The average Bonchev–Trinajstić information content (AvgIpc) is 2.26. The third-order valence-corrected chi connectivity index (χ3v) is 1.89. The van der Waals surface area contributed by atoms with Crippen LogP contribution in [0.5, 0.6) is 0 Å². The Morgan fingerprint density at radius 3 is 3.13 bits per heavy atom. The second-order valence-corrected chi connectivity index (χ2v) is 3.09. The van der Waals surface area contributed by atoms with Crippen LogP contribution in [0.15, 0.2) is 35.5 Å². The third-order valence-electron chi connectivity index (χ3n) is 1.89. The van der Waals surface area contributed by atoms with Gasteiger partial charge < -0.3 is 5.32 Å². The molecule has 1 aromatic carbocycles. The number of hydrogen-bond donors (Lipinski definition) is 1. The minimum Gasteiger partial charge on any atom is -0.316 e. The summed E-state index contributed by atoms with van der Waals surface area (Å²) in [5.41, 5.74) is 10.5. The SMILES string of the molecule is CNCc1cccc(C=CCN=[N+]=[N-])c1. The quantitative estimate of drug-likeness (QED) is 0.445. The molecule has 0 spiro atoms. The van der Waals surface area contributed by atoms with Crippen molar-refractivity contribution in [2.24, 2.45) is 5.11 Å². The number of azide groups is 1. The van der Waals surface area contributed by atoms with Gasteiger partial charge in [-0.2, -0.15) is 0 Å². The van der Waals surface area contributed by atoms with E-state index in [0.717, 1.165) is 12.1 Å². The van der Waals surface area contributed by atoms with Gasteiger partial charge in [-0.25, -0.2) is 0 Å². The summed E-state index contributed by atoms with van der Waals surface area (Å²) < 4.78 is 0. The first-order valence-corrected chi connectivity index (χ1v) is 4.77. The highest BCUT2D eigenvalue weighted by Crippen LogP contribution is 2.06. The van der Waals surface area contributed by atoms with Crippen LogP contribution in [-0.2, 0) is 6.54 Å². The van der Waals surface area contributed by atoms with Crippen molar-refractivity contribution in [3.63, 3.8) is 0 Å². The van der Waals surface area contributed by atoms with Gasteiger partial charge in [-0.3, -0.25) is 0 Å². The Morgan fingerprint density at radius 2 is 2.40 bits per heavy atom. The third kappa shape index (κ3) is 4.31. The van der Waals surface area contributed by atoms with E-state index in [1.807, 2.05) is 31.3 Å². The summed E-state index contributed by atoms with van der Waals surface area (Å²) in [6.07, 6.45) is 3.80. The number of nitrogens with zero attached hydrogens (tertiary/aromatic N) is 3. The lowest BCUT2D eigenvalue weighted by atomic mass is 10.1. The molecule has 0 fully saturated rings. The normalized spacial score (nSPS) is 10.2. The molecule has 0 unspecified atom stereocenters. The van der Waals surface area contributed by atoms with Crippen molar-refractivity contribution in [2.45, 2.75) is 6.54 Å². The van der Waals surface area contributed by atoms with Gasteiger partial charge in [-0.05, 0) is 23.7 Å². The Kier molecular flexibility index (Phi) is 5.01. The summed E-state index contributed by atoms with van der Waals surface area (Å²) in [5.74, 6) is 0. The Balaban J connectivity index is 2.64. The molecular formula is C11H14N4. The number of benzene rings is 1. The topological polar surface area (TPSA) is 60.8 Å². The van der Waals surface area contributed by atoms with E-state index in [-0.39, 0.29) is 0 Å². The highest BCUT2D eigenvalue weighted by Gasteiger charge is 1.91. The highest BCUT2D eigenvalue weighted by molar-refractivity contribution is 5.50. The smallest absolute Gasteiger partial charge is 0.0443 e. The Hall–Kier alpha value is -1.77. The zero-order valence-electron chi connectivity index (χ0n) is 8.72. The summed E-state index contributed by atoms with van der Waals surface area (Å²) in [7, 11) is 1.92. The van der Waals surface area contributed by atoms with Gasteiger partial charge in [0.25, 0.3) is 0 Å². The monoisotopic (exact) mass is 202 g/mol. The molecule has 0 heterocycles. The van der Waals surface area contributed by atoms with Crippen molar-refractivity contribution >= 4 is 6.08 Å². The second-order valence-electron chi connectivity index (χ2n) is 3.09. The zero-order valence-corrected chi connectivity index (χ0v) is 8.72. The Morgan fingerprint density at radius 1 is 1.53 bits per heavy atom. The maximum Gasteiger partial charge on any atom is 0.0443 e. The fourth-order valence-corrected chi connectivity index (χ4v) is 1.28. The van der Waals surface area contributed by atoms with Crippen molar-refractivity contribution in [3.05, 3.63) is 51.9 Å². The van der Waals surface area contributed by atoms with Gasteiger partial charge in [-0.15, -0.1) is 0 Å². The molecular weight excluding hydrogens is 188 g/mol. The molecule has 1 N–H and O–H groups in total. The predicted octanol–water partition coefficient (Wildman–Crippen LogP) is 2.73. The molecule has 0 saturated carbocycles. The van der Waals surface area contributed by atoms with Gasteiger partial charge in [0.05, 0.1) is 0 Å². The van der Waals surface area contributed by atoms with Crippen LogP contribution in [0.25, 0.3) is 16.5 Å². The zero-order chi connectivity index (χ0) is 10.9. The molecule has 0 saturated heterocycles. The minimum absolute atomic E-state index is 0.396. The predicted molar refractivity (Wildman–Crippen MR) is 62.3 cm³/mol. The van der Waals surface area contributed by atoms with E-state index in [9.17, 15) is 0 Å². The summed E-state index contributed by atoms with van der Waals surface area (Å²) in [6.45, 7) is 1.25. The van der Waals surface area contributed by atoms with Crippen LogP contribution in [0, 0.1) is 0 Å². The van der Waals surface area contributed by atoms with Crippen LogP contribution >= 0.6 is 0 Å². The lowest BCUT2D eigenvalue weighted by Gasteiger charge is -2.00. The van der Waals surface area contributed by atoms with Crippen LogP contribution in [0.3, 0.4) is 0 Å². The van der Waals surface area contributed by atoms with Crippen LogP contribution in [-0.4, -0.2) is 13.6 Å². The minimum atomic E-state index is 0.396. The molecule has 78 valence electrons. The van der Waals surface area contributed by atoms with Gasteiger partial charge >= 0.3 is 0 Å². The lowest BCUT2D eigenvalue weighted by Crippen LogP contribution is -2.04. The average molecular weight is 202 g/mol. The largest absolute Gasteiger partial charge is 0.316 e. The van der Waals surface area contributed by atoms with Crippen LogP contribution < -0.4 is 5.32 Å². The number of nitrogens with one attached hydrogen (secondary N) is 1. The maximum atomic E-state index is 8.09. The molecule has 0 bridgehead atoms. The van der Waals surface area contributed by atoms with Gasteiger partial charge in [0.1, 0.15) is 0 Å². The lowest BCUT2D eigenvalue weighted by molar-refractivity contribution is 0.818. The van der Waals surface area contributed by atoms with Gasteiger partial charge in [0.15, 0.2) is 0 Å². The molecule has 15 heavy (non-hydrogen) atoms. The molecule has 1 rings (SSSR count). The van der Waals surface area contributed by atoms with Crippen molar-refractivity contribution in [3.8, 4) is 0 Å². The fourth-order valence-electron chi connectivity index (χ4n) is 1.28. The van der Waals surface area contributed by atoms with Crippen molar-refractivity contribution in [1.82, 2.24) is 5.32 Å². The molecule has 0 amide bonds. The molecule has 0 aromatic heterocycles. The van der Waals surface area contributed by atoms with Gasteiger partial charge in [0, 0.05) is 18.0 Å². The van der Waals surface area contributed by atoms with Crippen molar-refractivity contribution in [1.29, 1.82) is 0 Å². The first-order chi connectivity index (χ1) is 7.36. The second kappa shape index (κ2) is 6.65. The van der Waals surface area contributed by atoms with Crippen LogP contribution in [0.2, 0.25) is 0 Å². The van der Waals surface area contributed by atoms with E-state index in [2.05, 4.69) is 27.5 Å². The molecule has 0 atom stereocenters. The summed E-state index contributed by atoms with van der Waals surface area (Å²) in [4.78, 5) is 2.68. The molecule has 0 aliphatic heterocycles. The van der Waals surface area contributed by atoms with E-state index in [0.29, 0.717) is 6.54 Å². The van der Waals surface area contributed by atoms with Crippen molar-refractivity contribution in [2.75, 3.05) is 13.6 Å². The molecule has 0 aliphatic carbocycles. The number of rotatable bonds is 5. The van der Waals surface area contributed by atoms with E-state index < -0.39 is 0 Å². The number of hydrogen-bond acceptors (Lipinski definition) is 2. The Bertz CT molecular complexity index is 378. The van der Waals surface area contributed by atoms with E-state index in [1.54, 1.807) is 0 Å². The molecule has 4 heteroatoms. The van der Waals surface area contributed by atoms with Gasteiger partial charge in [0.2, 0.25) is 0 Å².